The minimum atomic E-state index is -0.480. The summed E-state index contributed by atoms with van der Waals surface area (Å²) in [7, 11) is 1.54. The molecule has 0 unspecified atom stereocenters. The van der Waals surface area contributed by atoms with Gasteiger partial charge in [0.2, 0.25) is 0 Å². The van der Waals surface area contributed by atoms with E-state index in [4.69, 9.17) is 18.9 Å². The van der Waals surface area contributed by atoms with E-state index in [1.54, 1.807) is 19.1 Å². The Balaban J connectivity index is 1.89. The van der Waals surface area contributed by atoms with Crippen LogP contribution in [0, 0.1) is 0 Å². The molecule has 0 N–H and O–H groups in total. The second-order valence-corrected chi connectivity index (χ2v) is 6.54. The lowest BCUT2D eigenvalue weighted by Crippen LogP contribution is -2.43. The van der Waals surface area contributed by atoms with Crippen LogP contribution in [-0.2, 0) is 9.53 Å². The highest BCUT2D eigenvalue weighted by molar-refractivity contribution is 6.03. The van der Waals surface area contributed by atoms with Crippen LogP contribution in [0.3, 0.4) is 0 Å². The smallest absolute Gasteiger partial charge is 0.344 e. The average molecular weight is 348 g/mol. The van der Waals surface area contributed by atoms with Gasteiger partial charge < -0.3 is 18.9 Å². The molecule has 1 heterocycles. The van der Waals surface area contributed by atoms with E-state index >= 15 is 0 Å². The van der Waals surface area contributed by atoms with Crippen LogP contribution >= 0.6 is 0 Å². The second kappa shape index (κ2) is 7.33. The van der Waals surface area contributed by atoms with Crippen molar-refractivity contribution >= 4 is 11.8 Å². The van der Waals surface area contributed by atoms with Gasteiger partial charge >= 0.3 is 5.97 Å². The third-order valence-electron chi connectivity index (χ3n) is 4.78. The molecule has 1 aliphatic carbocycles. The van der Waals surface area contributed by atoms with Crippen LogP contribution < -0.4 is 14.2 Å². The molecule has 1 fully saturated rings. The summed E-state index contributed by atoms with van der Waals surface area (Å²) in [5.74, 6) is 0.823. The lowest BCUT2D eigenvalue weighted by molar-refractivity contribution is -0.145. The van der Waals surface area contributed by atoms with Crippen molar-refractivity contribution in [2.24, 2.45) is 0 Å². The number of esters is 1. The number of fused-ring (bicyclic) bond motifs is 1. The Morgan fingerprint density at radius 1 is 1.24 bits per heavy atom. The number of ketones is 1. The van der Waals surface area contributed by atoms with Gasteiger partial charge in [-0.3, -0.25) is 4.79 Å². The molecule has 6 nitrogen and oxygen atoms in total. The van der Waals surface area contributed by atoms with Gasteiger partial charge in [0, 0.05) is 12.1 Å². The van der Waals surface area contributed by atoms with Gasteiger partial charge in [-0.25, -0.2) is 4.79 Å². The lowest BCUT2D eigenvalue weighted by Gasteiger charge is -2.41. The first-order valence-corrected chi connectivity index (χ1v) is 8.79. The zero-order chi connectivity index (χ0) is 17.9. The van der Waals surface area contributed by atoms with E-state index in [2.05, 4.69) is 0 Å². The Kier molecular flexibility index (Phi) is 5.16. The Labute approximate surface area is 147 Å². The molecule has 0 atom stereocenters. The predicted octanol–water partition coefficient (Wildman–Crippen LogP) is 3.31. The normalized spacial score (nSPS) is 18.2. The van der Waals surface area contributed by atoms with Gasteiger partial charge in [-0.2, -0.15) is 0 Å². The van der Waals surface area contributed by atoms with Crippen molar-refractivity contribution in [3.63, 3.8) is 0 Å². The number of ether oxygens (including phenoxy) is 4. The van der Waals surface area contributed by atoms with Crippen LogP contribution in [-0.4, -0.2) is 37.7 Å². The van der Waals surface area contributed by atoms with E-state index in [1.807, 2.05) is 0 Å². The second-order valence-electron chi connectivity index (χ2n) is 6.54. The molecular weight excluding hydrogens is 324 g/mol. The van der Waals surface area contributed by atoms with E-state index < -0.39 is 11.6 Å². The van der Waals surface area contributed by atoms with Crippen molar-refractivity contribution in [2.45, 2.75) is 51.0 Å². The zero-order valence-electron chi connectivity index (χ0n) is 14.8. The summed E-state index contributed by atoms with van der Waals surface area (Å²) in [4.78, 5) is 24.4. The Morgan fingerprint density at radius 3 is 2.68 bits per heavy atom. The van der Waals surface area contributed by atoms with Crippen LogP contribution in [0.25, 0.3) is 0 Å². The van der Waals surface area contributed by atoms with E-state index in [1.165, 1.54) is 13.5 Å². The summed E-state index contributed by atoms with van der Waals surface area (Å²) in [6.45, 7) is 1.75. The van der Waals surface area contributed by atoms with Gasteiger partial charge in [-0.1, -0.05) is 6.42 Å². The molecule has 0 radical (unpaired) electrons. The molecule has 0 aromatic heterocycles. The standard InChI is InChI=1S/C19H24O6/c1-3-23-17(21)12-24-15-9-13(22-2)10-16-18(15)14(20)11-19(25-16)7-5-4-6-8-19/h9-10H,3-8,11-12H2,1-2H3. The van der Waals surface area contributed by atoms with Crippen molar-refractivity contribution in [1.82, 2.24) is 0 Å². The van der Waals surface area contributed by atoms with E-state index in [-0.39, 0.29) is 19.0 Å². The summed E-state index contributed by atoms with van der Waals surface area (Å²) >= 11 is 0. The molecule has 0 amide bonds. The van der Waals surface area contributed by atoms with Crippen molar-refractivity contribution in [1.29, 1.82) is 0 Å². The van der Waals surface area contributed by atoms with Crippen LogP contribution in [0.5, 0.6) is 17.2 Å². The van der Waals surface area contributed by atoms with Crippen molar-refractivity contribution in [3.8, 4) is 17.2 Å². The molecule has 0 saturated heterocycles. The number of methoxy groups -OCH3 is 1. The molecule has 2 aliphatic rings. The summed E-state index contributed by atoms with van der Waals surface area (Å²) in [6, 6.07) is 3.33. The van der Waals surface area contributed by atoms with Crippen molar-refractivity contribution in [3.05, 3.63) is 17.7 Å². The number of carbonyl (C=O) groups is 2. The van der Waals surface area contributed by atoms with Gasteiger partial charge in [0.25, 0.3) is 0 Å². The number of hydrogen-bond acceptors (Lipinski definition) is 6. The minimum Gasteiger partial charge on any atom is -0.496 e. The monoisotopic (exact) mass is 348 g/mol. The molecule has 136 valence electrons. The lowest BCUT2D eigenvalue weighted by atomic mass is 9.78. The molecule has 6 heteroatoms. The zero-order valence-corrected chi connectivity index (χ0v) is 14.8. The number of benzene rings is 1. The van der Waals surface area contributed by atoms with Gasteiger partial charge in [0.05, 0.1) is 20.1 Å². The Bertz CT molecular complexity index is 660. The molecule has 0 bridgehead atoms. The van der Waals surface area contributed by atoms with Gasteiger partial charge in [-0.05, 0) is 32.6 Å². The summed E-state index contributed by atoms with van der Waals surface area (Å²) in [6.07, 6.45) is 5.43. The fraction of sp³-hybridized carbons (Fsp3) is 0.579. The van der Waals surface area contributed by atoms with Gasteiger partial charge in [-0.15, -0.1) is 0 Å². The van der Waals surface area contributed by atoms with Crippen molar-refractivity contribution < 1.29 is 28.5 Å². The third-order valence-corrected chi connectivity index (χ3v) is 4.78. The summed E-state index contributed by atoms with van der Waals surface area (Å²) in [5.41, 5.74) is -0.0195. The molecule has 3 rings (SSSR count). The highest BCUT2D eigenvalue weighted by Crippen LogP contribution is 2.46. The molecular formula is C19H24O6. The van der Waals surface area contributed by atoms with Crippen LogP contribution in [0.2, 0.25) is 0 Å². The molecule has 1 saturated carbocycles. The minimum absolute atomic E-state index is 0.00957. The van der Waals surface area contributed by atoms with Crippen molar-refractivity contribution in [2.75, 3.05) is 20.3 Å². The fourth-order valence-electron chi connectivity index (χ4n) is 3.62. The molecule has 1 aromatic carbocycles. The Hall–Kier alpha value is -2.24. The molecule has 1 aromatic rings. The molecule has 25 heavy (non-hydrogen) atoms. The topological polar surface area (TPSA) is 71.1 Å². The maximum Gasteiger partial charge on any atom is 0.344 e. The van der Waals surface area contributed by atoms with E-state index in [9.17, 15) is 9.59 Å². The van der Waals surface area contributed by atoms with Gasteiger partial charge in [0.15, 0.2) is 12.4 Å². The molecule has 1 aliphatic heterocycles. The maximum atomic E-state index is 12.8. The summed E-state index contributed by atoms with van der Waals surface area (Å²) < 4.78 is 22.0. The quantitative estimate of drug-likeness (QED) is 0.760. The van der Waals surface area contributed by atoms with Crippen LogP contribution in [0.15, 0.2) is 12.1 Å². The fourth-order valence-corrected chi connectivity index (χ4v) is 3.62. The molecule has 1 spiro atoms. The SMILES string of the molecule is CCOC(=O)COc1cc(OC)cc2c1C(=O)CC1(CCCCC1)O2. The first kappa shape index (κ1) is 17.6. The number of carbonyl (C=O) groups excluding carboxylic acids is 2. The van der Waals surface area contributed by atoms with E-state index in [0.29, 0.717) is 29.2 Å². The number of rotatable bonds is 5. The Morgan fingerprint density at radius 2 is 2.00 bits per heavy atom. The highest BCUT2D eigenvalue weighted by atomic mass is 16.6. The highest BCUT2D eigenvalue weighted by Gasteiger charge is 2.42. The number of Topliss-reactive ketones (excluding diaryl/α,β-unsaturated/α-hetero) is 1. The van der Waals surface area contributed by atoms with E-state index in [0.717, 1.165) is 25.7 Å². The summed E-state index contributed by atoms with van der Waals surface area (Å²) in [5, 5.41) is 0. The first-order valence-electron chi connectivity index (χ1n) is 8.79. The first-order chi connectivity index (χ1) is 12.1. The third kappa shape index (κ3) is 3.72. The van der Waals surface area contributed by atoms with Crippen LogP contribution in [0.1, 0.15) is 55.8 Å². The van der Waals surface area contributed by atoms with Crippen LogP contribution in [0.4, 0.5) is 0 Å². The number of hydrogen-bond donors (Lipinski definition) is 0. The largest absolute Gasteiger partial charge is 0.496 e. The van der Waals surface area contributed by atoms with Gasteiger partial charge in [0.1, 0.15) is 28.4 Å². The maximum absolute atomic E-state index is 12.8. The average Bonchev–Trinajstić information content (AvgIpc) is 2.59. The predicted molar refractivity (Wildman–Crippen MR) is 90.5 cm³/mol.